The third-order valence-corrected chi connectivity index (χ3v) is 3.90. The van der Waals surface area contributed by atoms with E-state index in [1.807, 2.05) is 0 Å². The summed E-state index contributed by atoms with van der Waals surface area (Å²) in [6.07, 6.45) is 7.80. The molecule has 0 spiro atoms. The van der Waals surface area contributed by atoms with Crippen LogP contribution in [0.3, 0.4) is 0 Å². The van der Waals surface area contributed by atoms with Crippen molar-refractivity contribution in [3.8, 4) is 0 Å². The molecule has 1 aliphatic carbocycles. The average molecular weight is 198 g/mol. The summed E-state index contributed by atoms with van der Waals surface area (Å²) < 4.78 is 0. The summed E-state index contributed by atoms with van der Waals surface area (Å²) in [6.45, 7) is 6.54. The Hall–Kier alpha value is -0.0400. The van der Waals surface area contributed by atoms with Gasteiger partial charge in [-0.25, -0.2) is 0 Å². The fourth-order valence-corrected chi connectivity index (χ4v) is 2.71. The topological polar surface area (TPSA) is 20.2 Å². The van der Waals surface area contributed by atoms with Gasteiger partial charge < -0.3 is 5.11 Å². The predicted molar refractivity (Wildman–Crippen MR) is 61.2 cm³/mol. The van der Waals surface area contributed by atoms with Gasteiger partial charge in [0.1, 0.15) is 0 Å². The van der Waals surface area contributed by atoms with E-state index in [-0.39, 0.29) is 6.10 Å². The van der Waals surface area contributed by atoms with Gasteiger partial charge in [-0.1, -0.05) is 52.9 Å². The highest BCUT2D eigenvalue weighted by molar-refractivity contribution is 4.77. The molecule has 0 aromatic rings. The standard InChI is InChI=1S/C13H26O/c1-4-11-7-5-6-8-12(11)9-13(14)10(2)3/h10-14H,4-9H2,1-3H3. The third-order valence-electron chi connectivity index (χ3n) is 3.90. The molecule has 0 aliphatic heterocycles. The highest BCUT2D eigenvalue weighted by atomic mass is 16.3. The summed E-state index contributed by atoms with van der Waals surface area (Å²) in [5.74, 6) is 2.11. The van der Waals surface area contributed by atoms with E-state index in [0.717, 1.165) is 18.3 Å². The van der Waals surface area contributed by atoms with Crippen LogP contribution in [0.15, 0.2) is 0 Å². The zero-order valence-electron chi connectivity index (χ0n) is 10.00. The first-order chi connectivity index (χ1) is 6.65. The summed E-state index contributed by atoms with van der Waals surface area (Å²) >= 11 is 0. The lowest BCUT2D eigenvalue weighted by Gasteiger charge is -2.33. The molecule has 0 aromatic carbocycles. The van der Waals surface area contributed by atoms with Gasteiger partial charge in [0.15, 0.2) is 0 Å². The minimum absolute atomic E-state index is 0.0767. The van der Waals surface area contributed by atoms with Crippen LogP contribution < -0.4 is 0 Å². The summed E-state index contributed by atoms with van der Waals surface area (Å²) in [6, 6.07) is 0. The third kappa shape index (κ3) is 3.27. The zero-order valence-corrected chi connectivity index (χ0v) is 10.00. The van der Waals surface area contributed by atoms with E-state index >= 15 is 0 Å². The number of hydrogen-bond donors (Lipinski definition) is 1. The van der Waals surface area contributed by atoms with Crippen molar-refractivity contribution in [2.45, 2.75) is 65.4 Å². The molecule has 1 heteroatoms. The van der Waals surface area contributed by atoms with E-state index in [9.17, 15) is 5.11 Å². The quantitative estimate of drug-likeness (QED) is 0.731. The van der Waals surface area contributed by atoms with Crippen LogP contribution in [-0.4, -0.2) is 11.2 Å². The Morgan fingerprint density at radius 2 is 1.71 bits per heavy atom. The maximum absolute atomic E-state index is 9.89. The first-order valence-corrected chi connectivity index (χ1v) is 6.33. The van der Waals surface area contributed by atoms with Crippen molar-refractivity contribution in [1.82, 2.24) is 0 Å². The molecule has 0 radical (unpaired) electrons. The molecule has 1 aliphatic rings. The molecular formula is C13H26O. The van der Waals surface area contributed by atoms with Gasteiger partial charge in [-0.2, -0.15) is 0 Å². The van der Waals surface area contributed by atoms with Crippen LogP contribution in [0.4, 0.5) is 0 Å². The molecule has 0 bridgehead atoms. The Morgan fingerprint density at radius 3 is 2.21 bits per heavy atom. The fourth-order valence-electron chi connectivity index (χ4n) is 2.71. The van der Waals surface area contributed by atoms with Gasteiger partial charge in [-0.3, -0.25) is 0 Å². The molecule has 3 atom stereocenters. The van der Waals surface area contributed by atoms with Crippen molar-refractivity contribution >= 4 is 0 Å². The molecule has 0 amide bonds. The maximum Gasteiger partial charge on any atom is 0.0565 e. The summed E-state index contributed by atoms with van der Waals surface area (Å²) in [5, 5.41) is 9.89. The molecule has 1 N–H and O–H groups in total. The van der Waals surface area contributed by atoms with Gasteiger partial charge in [0.25, 0.3) is 0 Å². The van der Waals surface area contributed by atoms with Gasteiger partial charge in [0, 0.05) is 0 Å². The Morgan fingerprint density at radius 1 is 1.14 bits per heavy atom. The Labute approximate surface area is 88.9 Å². The molecule has 0 aromatic heterocycles. The molecular weight excluding hydrogens is 172 g/mol. The van der Waals surface area contributed by atoms with Crippen LogP contribution in [0.2, 0.25) is 0 Å². The molecule has 3 unspecified atom stereocenters. The van der Waals surface area contributed by atoms with Gasteiger partial charge in [-0.05, 0) is 24.2 Å². The van der Waals surface area contributed by atoms with Gasteiger partial charge in [0.2, 0.25) is 0 Å². The SMILES string of the molecule is CCC1CCCCC1CC(O)C(C)C. The van der Waals surface area contributed by atoms with Crippen molar-refractivity contribution < 1.29 is 5.11 Å². The van der Waals surface area contributed by atoms with Crippen molar-refractivity contribution in [1.29, 1.82) is 0 Å². The molecule has 1 rings (SSSR count). The van der Waals surface area contributed by atoms with E-state index in [0.29, 0.717) is 5.92 Å². The van der Waals surface area contributed by atoms with E-state index in [1.54, 1.807) is 0 Å². The van der Waals surface area contributed by atoms with Crippen molar-refractivity contribution in [2.24, 2.45) is 17.8 Å². The first kappa shape index (κ1) is 12.0. The molecule has 1 nitrogen and oxygen atoms in total. The molecule has 0 heterocycles. The molecule has 1 fully saturated rings. The molecule has 84 valence electrons. The lowest BCUT2D eigenvalue weighted by atomic mass is 9.74. The second-order valence-electron chi connectivity index (χ2n) is 5.26. The highest BCUT2D eigenvalue weighted by Gasteiger charge is 2.26. The Kier molecular flexibility index (Phi) is 4.94. The lowest BCUT2D eigenvalue weighted by Crippen LogP contribution is -2.26. The fraction of sp³-hybridized carbons (Fsp3) is 1.00. The smallest absolute Gasteiger partial charge is 0.0565 e. The Balaban J connectivity index is 2.40. The number of aliphatic hydroxyl groups is 1. The van der Waals surface area contributed by atoms with Crippen LogP contribution in [0.5, 0.6) is 0 Å². The van der Waals surface area contributed by atoms with Crippen LogP contribution >= 0.6 is 0 Å². The van der Waals surface area contributed by atoms with Crippen LogP contribution in [-0.2, 0) is 0 Å². The van der Waals surface area contributed by atoms with E-state index in [4.69, 9.17) is 0 Å². The largest absolute Gasteiger partial charge is 0.393 e. The summed E-state index contributed by atoms with van der Waals surface area (Å²) in [4.78, 5) is 0. The van der Waals surface area contributed by atoms with Crippen molar-refractivity contribution in [2.75, 3.05) is 0 Å². The second-order valence-corrected chi connectivity index (χ2v) is 5.26. The first-order valence-electron chi connectivity index (χ1n) is 6.33. The molecule has 0 saturated heterocycles. The van der Waals surface area contributed by atoms with Crippen molar-refractivity contribution in [3.63, 3.8) is 0 Å². The minimum Gasteiger partial charge on any atom is -0.393 e. The van der Waals surface area contributed by atoms with Crippen LogP contribution in [0.25, 0.3) is 0 Å². The normalized spacial score (nSPS) is 30.6. The predicted octanol–water partition coefficient (Wildman–Crippen LogP) is 3.61. The van der Waals surface area contributed by atoms with E-state index < -0.39 is 0 Å². The summed E-state index contributed by atoms with van der Waals surface area (Å²) in [7, 11) is 0. The van der Waals surface area contributed by atoms with Gasteiger partial charge in [-0.15, -0.1) is 0 Å². The van der Waals surface area contributed by atoms with Gasteiger partial charge >= 0.3 is 0 Å². The maximum atomic E-state index is 9.89. The van der Waals surface area contributed by atoms with Crippen molar-refractivity contribution in [3.05, 3.63) is 0 Å². The Bertz CT molecular complexity index is 153. The monoisotopic (exact) mass is 198 g/mol. The van der Waals surface area contributed by atoms with Crippen LogP contribution in [0, 0.1) is 17.8 Å². The van der Waals surface area contributed by atoms with E-state index in [2.05, 4.69) is 20.8 Å². The lowest BCUT2D eigenvalue weighted by molar-refractivity contribution is 0.0700. The van der Waals surface area contributed by atoms with Crippen LogP contribution in [0.1, 0.15) is 59.3 Å². The second kappa shape index (κ2) is 5.75. The number of hydrogen-bond acceptors (Lipinski definition) is 1. The highest BCUT2D eigenvalue weighted by Crippen LogP contribution is 2.35. The minimum atomic E-state index is -0.0767. The zero-order chi connectivity index (χ0) is 10.6. The van der Waals surface area contributed by atoms with E-state index in [1.165, 1.54) is 32.1 Å². The molecule has 1 saturated carbocycles. The molecule has 14 heavy (non-hydrogen) atoms. The average Bonchev–Trinajstić information content (AvgIpc) is 2.18. The number of aliphatic hydroxyl groups excluding tert-OH is 1. The number of rotatable bonds is 4. The summed E-state index contributed by atoms with van der Waals surface area (Å²) in [5.41, 5.74) is 0. The van der Waals surface area contributed by atoms with Gasteiger partial charge in [0.05, 0.1) is 6.10 Å².